The first-order chi connectivity index (χ1) is 22.1. The SMILES string of the molecule is O=C1C2CC3CC1CC(C(=O)OC1C4CC5C(C(=O)N(C(=O)C67CC8CC(CC(C8)C6)C7)C51)C4C(=O)OCC(F)(F)S(=O)(=O)O)(C3)C2. The highest BCUT2D eigenvalue weighted by Gasteiger charge is 2.74. The van der Waals surface area contributed by atoms with Crippen molar-refractivity contribution < 1.29 is 55.2 Å². The van der Waals surface area contributed by atoms with Crippen molar-refractivity contribution in [2.24, 2.45) is 70.0 Å². The van der Waals surface area contributed by atoms with Gasteiger partial charge in [0.15, 0.2) is 6.61 Å². The lowest BCUT2D eigenvalue weighted by Crippen LogP contribution is -2.59. The van der Waals surface area contributed by atoms with E-state index in [-0.39, 0.29) is 35.9 Å². The monoisotopic (exact) mass is 679 g/mol. The van der Waals surface area contributed by atoms with Crippen molar-refractivity contribution in [2.45, 2.75) is 94.5 Å². The zero-order valence-corrected chi connectivity index (χ0v) is 26.7. The second kappa shape index (κ2) is 9.60. The molecular weight excluding hydrogens is 640 g/mol. The average Bonchev–Trinajstić information content (AvgIpc) is 3.60. The number of halogens is 2. The summed E-state index contributed by atoms with van der Waals surface area (Å²) in [6.45, 7) is -1.94. The van der Waals surface area contributed by atoms with Gasteiger partial charge in [-0.05, 0) is 107 Å². The number of esters is 2. The van der Waals surface area contributed by atoms with Gasteiger partial charge in [0.1, 0.15) is 11.9 Å². The van der Waals surface area contributed by atoms with Crippen LogP contribution in [0.3, 0.4) is 0 Å². The first-order valence-corrected chi connectivity index (χ1v) is 18.7. The van der Waals surface area contributed by atoms with Crippen LogP contribution in [0.4, 0.5) is 8.78 Å². The van der Waals surface area contributed by atoms with Crippen LogP contribution in [0.15, 0.2) is 0 Å². The molecule has 10 bridgehead atoms. The molecule has 11 aliphatic rings. The molecule has 0 aromatic heterocycles. The summed E-state index contributed by atoms with van der Waals surface area (Å²) in [7, 11) is -5.87. The van der Waals surface area contributed by atoms with E-state index in [1.54, 1.807) is 0 Å². The third kappa shape index (κ3) is 4.15. The molecule has 8 unspecified atom stereocenters. The van der Waals surface area contributed by atoms with E-state index in [4.69, 9.17) is 14.0 Å². The van der Waals surface area contributed by atoms with Gasteiger partial charge >= 0.3 is 27.3 Å². The van der Waals surface area contributed by atoms with E-state index in [2.05, 4.69) is 0 Å². The van der Waals surface area contributed by atoms with Gasteiger partial charge in [-0.2, -0.15) is 17.2 Å². The molecule has 10 saturated carbocycles. The summed E-state index contributed by atoms with van der Waals surface area (Å²) in [6.07, 6.45) is 7.35. The third-order valence-electron chi connectivity index (χ3n) is 14.3. The third-order valence-corrected chi connectivity index (χ3v) is 15.2. The molecule has 0 radical (unpaired) electrons. The Bertz CT molecular complexity index is 1560. The molecule has 1 heterocycles. The predicted octanol–water partition coefficient (Wildman–Crippen LogP) is 3.15. The molecule has 2 amide bonds. The standard InChI is InChI=1S/C33H39F2NO10S/c34-33(35,47(42,43)44)13-45-28(39)23-21-6-20-22(23)27(38)36(29(40)31-7-14-1-15(8-31)3-16(2-14)9-31)24(20)26(21)46-30(41)32-10-17-4-18(11-32)25(37)19(5-17)12-32/h14-24,26H,1-13H2,(H,42,43,44). The van der Waals surface area contributed by atoms with Crippen LogP contribution in [0.1, 0.15) is 77.0 Å². The van der Waals surface area contributed by atoms with Crippen molar-refractivity contribution in [3.8, 4) is 0 Å². The minimum Gasteiger partial charge on any atom is -0.459 e. The number of carbonyl (C=O) groups excluding carboxylic acids is 5. The Kier molecular flexibility index (Phi) is 6.25. The van der Waals surface area contributed by atoms with Gasteiger partial charge in [0.2, 0.25) is 11.8 Å². The summed E-state index contributed by atoms with van der Waals surface area (Å²) in [5.41, 5.74) is -1.56. The maximum atomic E-state index is 14.7. The van der Waals surface area contributed by atoms with Crippen molar-refractivity contribution in [1.29, 1.82) is 0 Å². The second-order valence-electron chi connectivity index (χ2n) is 16.9. The van der Waals surface area contributed by atoms with E-state index in [0.717, 1.165) is 32.1 Å². The van der Waals surface area contributed by atoms with E-state index in [1.165, 1.54) is 4.90 Å². The number of alkyl halides is 2. The van der Waals surface area contributed by atoms with Crippen molar-refractivity contribution >= 4 is 39.7 Å². The Hall–Kier alpha value is -2.48. The number of ether oxygens (including phenoxy) is 2. The molecule has 0 aromatic rings. The number of Topliss-reactive ketones (excluding diaryl/α,β-unsaturated/α-hetero) is 1. The number of nitrogens with zero attached hydrogens (tertiary/aromatic N) is 1. The molecule has 11 rings (SSSR count). The van der Waals surface area contributed by atoms with Crippen LogP contribution in [0, 0.1) is 70.0 Å². The Morgan fingerprint density at radius 3 is 1.96 bits per heavy atom. The minimum atomic E-state index is -5.87. The van der Waals surface area contributed by atoms with Gasteiger partial charge in [0.05, 0.1) is 28.7 Å². The quantitative estimate of drug-likeness (QED) is 0.240. The number of fused-ring (bicyclic) bond motifs is 1. The molecule has 10 aliphatic carbocycles. The van der Waals surface area contributed by atoms with Gasteiger partial charge in [-0.25, -0.2) is 0 Å². The molecule has 1 saturated heterocycles. The van der Waals surface area contributed by atoms with Crippen LogP contribution >= 0.6 is 0 Å². The molecule has 256 valence electrons. The fourth-order valence-electron chi connectivity index (χ4n) is 13.2. The molecule has 11 fully saturated rings. The van der Waals surface area contributed by atoms with Crippen molar-refractivity contribution in [3.05, 3.63) is 0 Å². The number of hydrogen-bond acceptors (Lipinski definition) is 9. The second-order valence-corrected chi connectivity index (χ2v) is 18.5. The topological polar surface area (TPSA) is 161 Å². The molecule has 1 aliphatic heterocycles. The normalized spacial score (nSPS) is 48.4. The Balaban J connectivity index is 1.04. The van der Waals surface area contributed by atoms with Crippen molar-refractivity contribution in [1.82, 2.24) is 4.90 Å². The summed E-state index contributed by atoms with van der Waals surface area (Å²) < 4.78 is 70.5. The van der Waals surface area contributed by atoms with Gasteiger partial charge in [0.25, 0.3) is 0 Å². The maximum absolute atomic E-state index is 14.7. The Morgan fingerprint density at radius 2 is 1.38 bits per heavy atom. The van der Waals surface area contributed by atoms with Crippen LogP contribution in [0.2, 0.25) is 0 Å². The van der Waals surface area contributed by atoms with Crippen molar-refractivity contribution in [3.63, 3.8) is 0 Å². The fourth-order valence-corrected chi connectivity index (χ4v) is 13.4. The molecular formula is C33H39F2NO10S. The van der Waals surface area contributed by atoms with Gasteiger partial charge in [-0.1, -0.05) is 0 Å². The van der Waals surface area contributed by atoms with Crippen LogP contribution in [0.25, 0.3) is 0 Å². The largest absolute Gasteiger partial charge is 0.459 e. The van der Waals surface area contributed by atoms with E-state index in [0.29, 0.717) is 56.3 Å². The Labute approximate surface area is 270 Å². The van der Waals surface area contributed by atoms with E-state index >= 15 is 0 Å². The maximum Gasteiger partial charge on any atom is 0.402 e. The van der Waals surface area contributed by atoms with E-state index in [9.17, 15) is 41.2 Å². The first kappa shape index (κ1) is 30.6. The van der Waals surface area contributed by atoms with Crippen molar-refractivity contribution in [2.75, 3.05) is 6.61 Å². The van der Waals surface area contributed by atoms with Gasteiger partial charge < -0.3 is 9.47 Å². The van der Waals surface area contributed by atoms with Crippen LogP contribution in [-0.4, -0.2) is 71.4 Å². The minimum absolute atomic E-state index is 0.199. The van der Waals surface area contributed by atoms with E-state index < -0.39 is 86.5 Å². The lowest BCUT2D eigenvalue weighted by Gasteiger charge is -2.56. The lowest BCUT2D eigenvalue weighted by atomic mass is 9.49. The highest BCUT2D eigenvalue weighted by Crippen LogP contribution is 2.65. The summed E-state index contributed by atoms with van der Waals surface area (Å²) >= 11 is 0. The zero-order valence-electron chi connectivity index (χ0n) is 25.9. The van der Waals surface area contributed by atoms with E-state index in [1.807, 2.05) is 0 Å². The number of imide groups is 1. The highest BCUT2D eigenvalue weighted by atomic mass is 32.2. The Morgan fingerprint density at radius 1 is 0.830 bits per heavy atom. The van der Waals surface area contributed by atoms with Gasteiger partial charge in [-0.3, -0.25) is 33.4 Å². The molecule has 11 nitrogen and oxygen atoms in total. The van der Waals surface area contributed by atoms with Gasteiger partial charge in [-0.15, -0.1) is 0 Å². The summed E-state index contributed by atoms with van der Waals surface area (Å²) in [6, 6.07) is -0.791. The molecule has 14 heteroatoms. The van der Waals surface area contributed by atoms with Crippen LogP contribution in [-0.2, 0) is 43.6 Å². The number of carbonyl (C=O) groups is 5. The van der Waals surface area contributed by atoms with Crippen LogP contribution in [0.5, 0.6) is 0 Å². The summed E-state index contributed by atoms with van der Waals surface area (Å²) in [5.74, 6) is -5.09. The molecule has 8 atom stereocenters. The van der Waals surface area contributed by atoms with Crippen LogP contribution < -0.4 is 0 Å². The number of amides is 2. The zero-order chi connectivity index (χ0) is 33.0. The predicted molar refractivity (Wildman–Crippen MR) is 153 cm³/mol. The summed E-state index contributed by atoms with van der Waals surface area (Å²) in [4.78, 5) is 70.7. The number of ketones is 1. The first-order valence-electron chi connectivity index (χ1n) is 17.2. The molecule has 0 spiro atoms. The number of likely N-dealkylation sites (tertiary alicyclic amines) is 1. The number of rotatable bonds is 7. The number of hydrogen-bond donors (Lipinski definition) is 1. The molecule has 47 heavy (non-hydrogen) atoms. The molecule has 0 aromatic carbocycles. The lowest BCUT2D eigenvalue weighted by molar-refractivity contribution is -0.188. The average molecular weight is 680 g/mol. The smallest absolute Gasteiger partial charge is 0.402 e. The fraction of sp³-hybridized carbons (Fsp3) is 0.848. The van der Waals surface area contributed by atoms with Gasteiger partial charge in [0, 0.05) is 17.8 Å². The summed E-state index contributed by atoms with van der Waals surface area (Å²) in [5, 5.41) is -4.76. The molecule has 1 N–H and O–H groups in total. The highest BCUT2D eigenvalue weighted by molar-refractivity contribution is 7.86.